The molecule has 1 aromatic carbocycles. The Balaban J connectivity index is 2.16. The molecule has 0 radical (unpaired) electrons. The summed E-state index contributed by atoms with van der Waals surface area (Å²) in [6, 6.07) is 10.3. The third kappa shape index (κ3) is 4.39. The average Bonchev–Trinajstić information content (AvgIpc) is 2.96. The normalized spacial score (nSPS) is 13.0. The summed E-state index contributed by atoms with van der Waals surface area (Å²) in [5, 5.41) is 17.9. The van der Waals surface area contributed by atoms with Crippen LogP contribution in [0.25, 0.3) is 0 Å². The lowest BCUT2D eigenvalue weighted by atomic mass is 10.0. The van der Waals surface area contributed by atoms with E-state index in [1.165, 1.54) is 5.56 Å². The smallest absolute Gasteiger partial charge is 0.230 e. The first-order chi connectivity index (χ1) is 10.6. The van der Waals surface area contributed by atoms with Crippen molar-refractivity contribution >= 4 is 0 Å². The SMILES string of the molecule is CCc1nnc(CN(Cc2ccccc2)C(CO)C(C)C)o1. The standard InChI is InChI=1S/C17H25N3O2/c1-4-16-18-19-17(22-16)11-20(15(12-21)13(2)3)10-14-8-6-5-7-9-14/h5-9,13,15,21H,4,10-12H2,1-3H3. The van der Waals surface area contributed by atoms with Gasteiger partial charge in [0.25, 0.3) is 0 Å². The van der Waals surface area contributed by atoms with E-state index in [1.807, 2.05) is 25.1 Å². The van der Waals surface area contributed by atoms with E-state index in [2.05, 4.69) is 41.1 Å². The van der Waals surface area contributed by atoms with Gasteiger partial charge in [0.2, 0.25) is 11.8 Å². The van der Waals surface area contributed by atoms with E-state index < -0.39 is 0 Å². The number of aryl methyl sites for hydroxylation is 1. The Morgan fingerprint density at radius 2 is 1.77 bits per heavy atom. The Bertz CT molecular complexity index is 554. The fourth-order valence-electron chi connectivity index (χ4n) is 2.53. The molecule has 0 amide bonds. The van der Waals surface area contributed by atoms with Gasteiger partial charge in [-0.2, -0.15) is 0 Å². The van der Waals surface area contributed by atoms with Gasteiger partial charge in [-0.3, -0.25) is 4.90 Å². The second-order valence-corrected chi connectivity index (χ2v) is 5.83. The van der Waals surface area contributed by atoms with E-state index >= 15 is 0 Å². The molecule has 120 valence electrons. The first kappa shape index (κ1) is 16.6. The number of aliphatic hydroxyl groups is 1. The lowest BCUT2D eigenvalue weighted by molar-refractivity contribution is 0.0710. The van der Waals surface area contributed by atoms with Crippen LogP contribution in [0.2, 0.25) is 0 Å². The first-order valence-electron chi connectivity index (χ1n) is 7.84. The van der Waals surface area contributed by atoms with E-state index in [0.717, 1.165) is 13.0 Å². The van der Waals surface area contributed by atoms with Gasteiger partial charge in [0, 0.05) is 19.0 Å². The molecule has 1 heterocycles. The largest absolute Gasteiger partial charge is 0.424 e. The van der Waals surface area contributed by atoms with Gasteiger partial charge in [0.15, 0.2) is 0 Å². The monoisotopic (exact) mass is 303 g/mol. The maximum absolute atomic E-state index is 9.77. The fourth-order valence-corrected chi connectivity index (χ4v) is 2.53. The van der Waals surface area contributed by atoms with Crippen LogP contribution in [0.15, 0.2) is 34.7 Å². The molecule has 2 rings (SSSR count). The predicted molar refractivity (Wildman–Crippen MR) is 85.1 cm³/mol. The Morgan fingerprint density at radius 1 is 1.09 bits per heavy atom. The Morgan fingerprint density at radius 3 is 2.32 bits per heavy atom. The molecule has 0 saturated heterocycles. The van der Waals surface area contributed by atoms with Crippen molar-refractivity contribution in [2.45, 2.75) is 46.3 Å². The van der Waals surface area contributed by atoms with Crippen molar-refractivity contribution < 1.29 is 9.52 Å². The zero-order valence-corrected chi connectivity index (χ0v) is 13.6. The van der Waals surface area contributed by atoms with Gasteiger partial charge in [-0.1, -0.05) is 51.1 Å². The van der Waals surface area contributed by atoms with Crippen LogP contribution in [0.4, 0.5) is 0 Å². The second kappa shape index (κ2) is 8.06. The molecule has 0 bridgehead atoms. The van der Waals surface area contributed by atoms with Gasteiger partial charge in [-0.25, -0.2) is 0 Å². The zero-order chi connectivity index (χ0) is 15.9. The average molecular weight is 303 g/mol. The van der Waals surface area contributed by atoms with Crippen molar-refractivity contribution in [2.24, 2.45) is 5.92 Å². The summed E-state index contributed by atoms with van der Waals surface area (Å²) in [6.07, 6.45) is 0.735. The van der Waals surface area contributed by atoms with Crippen molar-refractivity contribution in [3.8, 4) is 0 Å². The van der Waals surface area contributed by atoms with Crippen LogP contribution in [0.1, 0.15) is 38.1 Å². The Labute approximate surface area is 132 Å². The summed E-state index contributed by atoms with van der Waals surface area (Å²) in [4.78, 5) is 2.20. The van der Waals surface area contributed by atoms with Crippen molar-refractivity contribution in [3.05, 3.63) is 47.7 Å². The van der Waals surface area contributed by atoms with Gasteiger partial charge in [-0.05, 0) is 11.5 Å². The number of aromatic nitrogens is 2. The number of hydrogen-bond acceptors (Lipinski definition) is 5. The predicted octanol–water partition coefficient (Wildman–Crippen LogP) is 2.65. The van der Waals surface area contributed by atoms with Gasteiger partial charge >= 0.3 is 0 Å². The highest BCUT2D eigenvalue weighted by Crippen LogP contribution is 2.18. The van der Waals surface area contributed by atoms with Crippen LogP contribution in [0, 0.1) is 5.92 Å². The summed E-state index contributed by atoms with van der Waals surface area (Å²) in [5.41, 5.74) is 1.21. The molecule has 1 atom stereocenters. The van der Waals surface area contributed by atoms with Crippen LogP contribution < -0.4 is 0 Å². The quantitative estimate of drug-likeness (QED) is 0.812. The van der Waals surface area contributed by atoms with E-state index in [4.69, 9.17) is 4.42 Å². The molecule has 0 saturated carbocycles. The van der Waals surface area contributed by atoms with Gasteiger partial charge in [0.05, 0.1) is 13.2 Å². The lowest BCUT2D eigenvalue weighted by Gasteiger charge is -2.32. The zero-order valence-electron chi connectivity index (χ0n) is 13.6. The number of nitrogens with zero attached hydrogens (tertiary/aromatic N) is 3. The molecule has 5 nitrogen and oxygen atoms in total. The van der Waals surface area contributed by atoms with Crippen LogP contribution in [-0.2, 0) is 19.5 Å². The molecule has 0 aliphatic heterocycles. The molecule has 2 aromatic rings. The van der Waals surface area contributed by atoms with Crippen molar-refractivity contribution in [3.63, 3.8) is 0 Å². The minimum atomic E-state index is 0.0529. The molecule has 0 aliphatic rings. The Hall–Kier alpha value is -1.72. The van der Waals surface area contributed by atoms with Crippen LogP contribution in [0.3, 0.4) is 0 Å². The number of aliphatic hydroxyl groups excluding tert-OH is 1. The highest BCUT2D eigenvalue weighted by molar-refractivity contribution is 5.14. The molecule has 0 spiro atoms. The molecule has 5 heteroatoms. The van der Waals surface area contributed by atoms with Crippen molar-refractivity contribution in [1.29, 1.82) is 0 Å². The summed E-state index contributed by atoms with van der Waals surface area (Å²) in [7, 11) is 0. The van der Waals surface area contributed by atoms with E-state index in [0.29, 0.717) is 24.2 Å². The third-order valence-electron chi connectivity index (χ3n) is 3.80. The molecule has 0 aliphatic carbocycles. The highest BCUT2D eigenvalue weighted by Gasteiger charge is 2.23. The summed E-state index contributed by atoms with van der Waals surface area (Å²) >= 11 is 0. The number of benzene rings is 1. The van der Waals surface area contributed by atoms with Gasteiger partial charge in [0.1, 0.15) is 0 Å². The van der Waals surface area contributed by atoms with E-state index in [9.17, 15) is 5.11 Å². The molecular formula is C17H25N3O2. The van der Waals surface area contributed by atoms with E-state index in [-0.39, 0.29) is 12.6 Å². The lowest BCUT2D eigenvalue weighted by Crippen LogP contribution is -2.40. The minimum absolute atomic E-state index is 0.0529. The van der Waals surface area contributed by atoms with Crippen LogP contribution in [0.5, 0.6) is 0 Å². The topological polar surface area (TPSA) is 62.4 Å². The molecule has 1 N–H and O–H groups in total. The molecular weight excluding hydrogens is 278 g/mol. The summed E-state index contributed by atoms with van der Waals surface area (Å²) in [6.45, 7) is 7.62. The first-order valence-corrected chi connectivity index (χ1v) is 7.84. The minimum Gasteiger partial charge on any atom is -0.424 e. The molecule has 1 aromatic heterocycles. The maximum Gasteiger partial charge on any atom is 0.230 e. The second-order valence-electron chi connectivity index (χ2n) is 5.83. The molecule has 22 heavy (non-hydrogen) atoms. The maximum atomic E-state index is 9.77. The highest BCUT2D eigenvalue weighted by atomic mass is 16.4. The number of hydrogen-bond donors (Lipinski definition) is 1. The van der Waals surface area contributed by atoms with Gasteiger partial charge in [-0.15, -0.1) is 10.2 Å². The van der Waals surface area contributed by atoms with Crippen LogP contribution >= 0.6 is 0 Å². The van der Waals surface area contributed by atoms with E-state index in [1.54, 1.807) is 0 Å². The summed E-state index contributed by atoms with van der Waals surface area (Å²) < 4.78 is 5.63. The molecule has 1 unspecified atom stereocenters. The van der Waals surface area contributed by atoms with Crippen molar-refractivity contribution in [2.75, 3.05) is 6.61 Å². The van der Waals surface area contributed by atoms with Gasteiger partial charge < -0.3 is 9.52 Å². The Kier molecular flexibility index (Phi) is 6.10. The van der Waals surface area contributed by atoms with Crippen molar-refractivity contribution in [1.82, 2.24) is 15.1 Å². The molecule has 0 fully saturated rings. The summed E-state index contributed by atoms with van der Waals surface area (Å²) in [5.74, 6) is 1.59. The third-order valence-corrected chi connectivity index (χ3v) is 3.80. The number of rotatable bonds is 8. The van der Waals surface area contributed by atoms with Crippen LogP contribution in [-0.4, -0.2) is 32.9 Å². The fraction of sp³-hybridized carbons (Fsp3) is 0.529.